The highest BCUT2D eigenvalue weighted by atomic mass is 16.6. The first-order valence-electron chi connectivity index (χ1n) is 3.00. The van der Waals surface area contributed by atoms with Crippen molar-refractivity contribution in [3.63, 3.8) is 0 Å². The average Bonchev–Trinajstić information content (AvgIpc) is 1.59. The largest absolute Gasteiger partial charge is 0.381 e. The topological polar surface area (TPSA) is 55.2 Å². The Labute approximate surface area is 60.1 Å². The van der Waals surface area contributed by atoms with E-state index in [1.807, 2.05) is 20.8 Å². The molecule has 0 heterocycles. The van der Waals surface area contributed by atoms with Gasteiger partial charge in [-0.1, -0.05) is 0 Å². The van der Waals surface area contributed by atoms with Gasteiger partial charge in [0.2, 0.25) is 6.20 Å². The Kier molecular flexibility index (Phi) is 2.86. The summed E-state index contributed by atoms with van der Waals surface area (Å²) in [5, 5.41) is 12.6. The molecule has 0 aromatic carbocycles. The summed E-state index contributed by atoms with van der Waals surface area (Å²) in [5.74, 6) is 0. The fourth-order valence-electron chi connectivity index (χ4n) is 0.348. The molecule has 10 heavy (non-hydrogen) atoms. The molecule has 4 nitrogen and oxygen atoms in total. The molecule has 0 amide bonds. The predicted octanol–water partition coefficient (Wildman–Crippen LogP) is 1.12. The van der Waals surface area contributed by atoms with Crippen LogP contribution < -0.4 is 5.32 Å². The summed E-state index contributed by atoms with van der Waals surface area (Å²) in [6, 6.07) is 0. The number of nitrogens with one attached hydrogen (secondary N) is 1. The molecular weight excluding hydrogens is 132 g/mol. The number of nitrogens with zero attached hydrogens (tertiary/aromatic N) is 1. The summed E-state index contributed by atoms with van der Waals surface area (Å²) in [5.41, 5.74) is -0.105. The maximum Gasteiger partial charge on any atom is 0.249 e. The lowest BCUT2D eigenvalue weighted by atomic mass is 10.1. The Morgan fingerprint density at radius 3 is 2.30 bits per heavy atom. The summed E-state index contributed by atoms with van der Waals surface area (Å²) >= 11 is 0. The predicted molar refractivity (Wildman–Crippen MR) is 39.0 cm³/mol. The highest BCUT2D eigenvalue weighted by Crippen LogP contribution is 1.96. The molecule has 0 radical (unpaired) electrons. The van der Waals surface area contributed by atoms with Crippen LogP contribution in [0, 0.1) is 10.1 Å². The quantitative estimate of drug-likeness (QED) is 0.466. The van der Waals surface area contributed by atoms with Gasteiger partial charge in [-0.15, -0.1) is 0 Å². The molecule has 0 aliphatic heterocycles. The molecule has 0 atom stereocenters. The van der Waals surface area contributed by atoms with E-state index in [0.717, 1.165) is 6.20 Å². The summed E-state index contributed by atoms with van der Waals surface area (Å²) in [7, 11) is 0. The normalized spacial score (nSPS) is 11.9. The van der Waals surface area contributed by atoms with Gasteiger partial charge in [-0.05, 0) is 20.8 Å². The van der Waals surface area contributed by atoms with Crippen LogP contribution in [0.1, 0.15) is 20.8 Å². The third-order valence-corrected chi connectivity index (χ3v) is 0.713. The monoisotopic (exact) mass is 144 g/mol. The van der Waals surface area contributed by atoms with E-state index in [9.17, 15) is 10.1 Å². The Bertz CT molecular complexity index is 146. The van der Waals surface area contributed by atoms with Crippen molar-refractivity contribution < 1.29 is 4.92 Å². The first kappa shape index (κ1) is 8.94. The molecule has 0 fully saturated rings. The standard InChI is InChI=1S/C6H12N2O2/c1-6(2,3)7-4-5-8(9)10/h4-5,7H,1-3H3. The zero-order chi connectivity index (χ0) is 8.20. The van der Waals surface area contributed by atoms with Crippen LogP contribution in [0.5, 0.6) is 0 Å². The first-order chi connectivity index (χ1) is 4.42. The van der Waals surface area contributed by atoms with Crippen LogP contribution in [-0.2, 0) is 0 Å². The zero-order valence-electron chi connectivity index (χ0n) is 6.42. The molecule has 0 aliphatic rings. The molecule has 0 saturated carbocycles. The van der Waals surface area contributed by atoms with Gasteiger partial charge < -0.3 is 5.32 Å². The Morgan fingerprint density at radius 1 is 1.50 bits per heavy atom. The minimum absolute atomic E-state index is 0.105. The van der Waals surface area contributed by atoms with Crippen LogP contribution in [0.15, 0.2) is 12.4 Å². The van der Waals surface area contributed by atoms with Crippen molar-refractivity contribution >= 4 is 0 Å². The van der Waals surface area contributed by atoms with E-state index < -0.39 is 4.92 Å². The van der Waals surface area contributed by atoms with Crippen molar-refractivity contribution in [1.29, 1.82) is 0 Å². The van der Waals surface area contributed by atoms with Gasteiger partial charge in [0, 0.05) is 5.54 Å². The highest BCUT2D eigenvalue weighted by molar-refractivity contribution is 4.80. The molecule has 0 aromatic rings. The van der Waals surface area contributed by atoms with Crippen LogP contribution in [0.2, 0.25) is 0 Å². The molecule has 0 unspecified atom stereocenters. The number of hydrogen-bond acceptors (Lipinski definition) is 3. The average molecular weight is 144 g/mol. The van der Waals surface area contributed by atoms with E-state index in [1.165, 1.54) is 6.20 Å². The second-order valence-electron chi connectivity index (χ2n) is 3.00. The van der Waals surface area contributed by atoms with Crippen molar-refractivity contribution in [2.24, 2.45) is 0 Å². The Balaban J connectivity index is 3.64. The molecule has 1 N–H and O–H groups in total. The zero-order valence-corrected chi connectivity index (χ0v) is 6.42. The minimum Gasteiger partial charge on any atom is -0.381 e. The van der Waals surface area contributed by atoms with E-state index in [2.05, 4.69) is 5.32 Å². The van der Waals surface area contributed by atoms with Gasteiger partial charge in [0.15, 0.2) is 0 Å². The van der Waals surface area contributed by atoms with Crippen LogP contribution in [0.3, 0.4) is 0 Å². The SMILES string of the molecule is CC(C)(C)NC=C[N+](=O)[O-]. The van der Waals surface area contributed by atoms with E-state index in [1.54, 1.807) is 0 Å². The molecule has 0 spiro atoms. The van der Waals surface area contributed by atoms with Gasteiger partial charge in [-0.2, -0.15) is 0 Å². The lowest BCUT2D eigenvalue weighted by molar-refractivity contribution is -0.402. The molecular formula is C6H12N2O2. The Hall–Kier alpha value is -1.06. The molecule has 0 saturated heterocycles. The van der Waals surface area contributed by atoms with Crippen LogP contribution in [0.25, 0.3) is 0 Å². The molecule has 4 heteroatoms. The van der Waals surface area contributed by atoms with E-state index in [0.29, 0.717) is 0 Å². The first-order valence-corrected chi connectivity index (χ1v) is 3.00. The molecule has 0 rings (SSSR count). The number of rotatable bonds is 2. The molecule has 0 aliphatic carbocycles. The van der Waals surface area contributed by atoms with Gasteiger partial charge in [0.1, 0.15) is 0 Å². The van der Waals surface area contributed by atoms with Crippen LogP contribution in [0.4, 0.5) is 0 Å². The van der Waals surface area contributed by atoms with Crippen molar-refractivity contribution in [2.45, 2.75) is 26.3 Å². The van der Waals surface area contributed by atoms with Crippen LogP contribution >= 0.6 is 0 Å². The lowest BCUT2D eigenvalue weighted by Gasteiger charge is -2.17. The van der Waals surface area contributed by atoms with Gasteiger partial charge in [-0.3, -0.25) is 10.1 Å². The second kappa shape index (κ2) is 3.20. The third kappa shape index (κ3) is 6.94. The van der Waals surface area contributed by atoms with E-state index >= 15 is 0 Å². The summed E-state index contributed by atoms with van der Waals surface area (Å²) in [6.07, 6.45) is 2.21. The maximum absolute atomic E-state index is 9.76. The Morgan fingerprint density at radius 2 is 2.00 bits per heavy atom. The van der Waals surface area contributed by atoms with E-state index in [-0.39, 0.29) is 5.54 Å². The second-order valence-corrected chi connectivity index (χ2v) is 3.00. The maximum atomic E-state index is 9.76. The molecule has 0 aromatic heterocycles. The summed E-state index contributed by atoms with van der Waals surface area (Å²) in [4.78, 5) is 9.26. The van der Waals surface area contributed by atoms with Gasteiger partial charge in [-0.25, -0.2) is 0 Å². The van der Waals surface area contributed by atoms with E-state index in [4.69, 9.17) is 0 Å². The summed E-state index contributed by atoms with van der Waals surface area (Å²) in [6.45, 7) is 5.78. The fourth-order valence-corrected chi connectivity index (χ4v) is 0.348. The minimum atomic E-state index is -0.501. The number of nitro groups is 1. The summed E-state index contributed by atoms with van der Waals surface area (Å²) < 4.78 is 0. The van der Waals surface area contributed by atoms with Gasteiger partial charge in [0.05, 0.1) is 11.1 Å². The highest BCUT2D eigenvalue weighted by Gasteiger charge is 2.04. The van der Waals surface area contributed by atoms with Gasteiger partial charge in [0.25, 0.3) is 0 Å². The fraction of sp³-hybridized carbons (Fsp3) is 0.667. The molecule has 58 valence electrons. The van der Waals surface area contributed by atoms with Crippen molar-refractivity contribution in [3.05, 3.63) is 22.5 Å². The van der Waals surface area contributed by atoms with Crippen LogP contribution in [-0.4, -0.2) is 10.5 Å². The van der Waals surface area contributed by atoms with Crippen molar-refractivity contribution in [2.75, 3.05) is 0 Å². The molecule has 0 bridgehead atoms. The number of hydrogen-bond donors (Lipinski definition) is 1. The smallest absolute Gasteiger partial charge is 0.249 e. The van der Waals surface area contributed by atoms with Crippen molar-refractivity contribution in [1.82, 2.24) is 5.32 Å². The lowest BCUT2D eigenvalue weighted by Crippen LogP contribution is -2.31. The third-order valence-electron chi connectivity index (χ3n) is 0.713. The van der Waals surface area contributed by atoms with Crippen molar-refractivity contribution in [3.8, 4) is 0 Å². The van der Waals surface area contributed by atoms with Gasteiger partial charge >= 0.3 is 0 Å².